The third-order valence-electron chi connectivity index (χ3n) is 1.79. The van der Waals surface area contributed by atoms with Gasteiger partial charge in [0, 0.05) is 13.6 Å². The second kappa shape index (κ2) is 4.70. The molecule has 1 heterocycles. The van der Waals surface area contributed by atoms with Crippen LogP contribution in [0.2, 0.25) is 0 Å². The Morgan fingerprint density at radius 2 is 2.20 bits per heavy atom. The van der Waals surface area contributed by atoms with Gasteiger partial charge in [-0.25, -0.2) is 14.8 Å². The van der Waals surface area contributed by atoms with Crippen LogP contribution in [0.25, 0.3) is 0 Å². The lowest BCUT2D eigenvalue weighted by Crippen LogP contribution is -2.27. The summed E-state index contributed by atoms with van der Waals surface area (Å²) in [6.45, 7) is 2.08. The number of rotatable bonds is 4. The van der Waals surface area contributed by atoms with Gasteiger partial charge in [0.15, 0.2) is 5.69 Å². The van der Waals surface area contributed by atoms with Gasteiger partial charge in [-0.05, 0) is 6.92 Å². The lowest BCUT2D eigenvalue weighted by molar-refractivity contribution is 0.0690. The Morgan fingerprint density at radius 1 is 1.53 bits per heavy atom. The molecule has 15 heavy (non-hydrogen) atoms. The van der Waals surface area contributed by atoms with E-state index in [1.165, 1.54) is 12.4 Å². The number of aliphatic hydroxyl groups excluding tert-OH is 1. The first-order valence-corrected chi connectivity index (χ1v) is 4.45. The highest BCUT2D eigenvalue weighted by Crippen LogP contribution is 2.07. The maximum absolute atomic E-state index is 10.5. The van der Waals surface area contributed by atoms with Crippen molar-refractivity contribution in [1.29, 1.82) is 0 Å². The fourth-order valence-corrected chi connectivity index (χ4v) is 1.12. The van der Waals surface area contributed by atoms with E-state index in [0.29, 0.717) is 12.4 Å². The van der Waals surface area contributed by atoms with Crippen molar-refractivity contribution in [2.24, 2.45) is 0 Å². The smallest absolute Gasteiger partial charge is 0.356 e. The summed E-state index contributed by atoms with van der Waals surface area (Å²) >= 11 is 0. The Hall–Kier alpha value is -1.69. The highest BCUT2D eigenvalue weighted by Gasteiger charge is 2.08. The minimum atomic E-state index is -1.10. The van der Waals surface area contributed by atoms with E-state index in [-0.39, 0.29) is 5.69 Å². The average molecular weight is 211 g/mol. The van der Waals surface area contributed by atoms with Crippen LogP contribution in [0.1, 0.15) is 17.4 Å². The number of carboxylic acids is 1. The molecule has 1 aromatic heterocycles. The molecule has 1 atom stereocenters. The molecule has 0 amide bonds. The number of likely N-dealkylation sites (N-methyl/N-ethyl adjacent to an activating group) is 1. The predicted molar refractivity (Wildman–Crippen MR) is 53.9 cm³/mol. The molecule has 0 aliphatic heterocycles. The molecule has 6 nitrogen and oxygen atoms in total. The summed E-state index contributed by atoms with van der Waals surface area (Å²) in [5.74, 6) is -0.576. The quantitative estimate of drug-likeness (QED) is 0.728. The first kappa shape index (κ1) is 11.4. The van der Waals surface area contributed by atoms with Gasteiger partial charge in [-0.3, -0.25) is 0 Å². The highest BCUT2D eigenvalue weighted by atomic mass is 16.4. The second-order valence-electron chi connectivity index (χ2n) is 3.29. The summed E-state index contributed by atoms with van der Waals surface area (Å²) in [7, 11) is 1.75. The van der Waals surface area contributed by atoms with Crippen LogP contribution in [0.4, 0.5) is 5.82 Å². The van der Waals surface area contributed by atoms with Gasteiger partial charge >= 0.3 is 5.97 Å². The summed E-state index contributed by atoms with van der Waals surface area (Å²) < 4.78 is 0. The van der Waals surface area contributed by atoms with Crippen molar-refractivity contribution in [1.82, 2.24) is 9.97 Å². The zero-order valence-corrected chi connectivity index (χ0v) is 8.58. The molecule has 1 aromatic rings. The predicted octanol–water partition coefficient (Wildman–Crippen LogP) is -0.00820. The molecular weight excluding hydrogens is 198 g/mol. The summed E-state index contributed by atoms with van der Waals surface area (Å²) in [4.78, 5) is 19.8. The van der Waals surface area contributed by atoms with Crippen LogP contribution in [0.3, 0.4) is 0 Å². The Morgan fingerprint density at radius 3 is 2.60 bits per heavy atom. The third kappa shape index (κ3) is 3.17. The normalized spacial score (nSPS) is 12.2. The summed E-state index contributed by atoms with van der Waals surface area (Å²) in [6.07, 6.45) is 2.08. The summed E-state index contributed by atoms with van der Waals surface area (Å²) in [5.41, 5.74) is -0.0933. The molecule has 82 valence electrons. The van der Waals surface area contributed by atoms with Gasteiger partial charge in [-0.2, -0.15) is 0 Å². The van der Waals surface area contributed by atoms with E-state index in [1.807, 2.05) is 0 Å². The van der Waals surface area contributed by atoms with Gasteiger partial charge in [-0.1, -0.05) is 0 Å². The van der Waals surface area contributed by atoms with Gasteiger partial charge in [0.1, 0.15) is 5.82 Å². The number of aliphatic hydroxyl groups is 1. The maximum atomic E-state index is 10.5. The lowest BCUT2D eigenvalue weighted by Gasteiger charge is -2.18. The largest absolute Gasteiger partial charge is 0.476 e. The molecule has 0 aromatic carbocycles. The first-order valence-electron chi connectivity index (χ1n) is 4.45. The molecular formula is C9H13N3O3. The Balaban J connectivity index is 2.75. The van der Waals surface area contributed by atoms with Gasteiger partial charge in [0.25, 0.3) is 0 Å². The Kier molecular flexibility index (Phi) is 3.56. The molecule has 0 fully saturated rings. The summed E-state index contributed by atoms with van der Waals surface area (Å²) in [5, 5.41) is 17.7. The van der Waals surface area contributed by atoms with Crippen molar-refractivity contribution >= 4 is 11.8 Å². The number of carboxylic acid groups (broad SMARTS) is 1. The van der Waals surface area contributed by atoms with E-state index in [4.69, 9.17) is 10.2 Å². The molecule has 0 saturated heterocycles. The topological polar surface area (TPSA) is 86.5 Å². The van der Waals surface area contributed by atoms with Crippen molar-refractivity contribution in [3.8, 4) is 0 Å². The maximum Gasteiger partial charge on any atom is 0.356 e. The molecule has 0 radical (unpaired) electrons. The third-order valence-corrected chi connectivity index (χ3v) is 1.79. The number of hydrogen-bond acceptors (Lipinski definition) is 5. The van der Waals surface area contributed by atoms with Crippen LogP contribution in [0.5, 0.6) is 0 Å². The molecule has 0 bridgehead atoms. The zero-order valence-electron chi connectivity index (χ0n) is 8.58. The molecule has 0 saturated carbocycles. The number of hydrogen-bond donors (Lipinski definition) is 2. The van der Waals surface area contributed by atoms with Crippen LogP contribution < -0.4 is 4.90 Å². The molecule has 2 N–H and O–H groups in total. The zero-order chi connectivity index (χ0) is 11.4. The van der Waals surface area contributed by atoms with Crippen LogP contribution >= 0.6 is 0 Å². The molecule has 0 aliphatic carbocycles. The molecule has 0 aliphatic rings. The SMILES string of the molecule is CC(O)CN(C)c1cnc(C(=O)O)cn1. The van der Waals surface area contributed by atoms with Gasteiger partial charge in [-0.15, -0.1) is 0 Å². The number of aromatic carboxylic acids is 1. The first-order chi connectivity index (χ1) is 7.00. The van der Waals surface area contributed by atoms with E-state index < -0.39 is 12.1 Å². The van der Waals surface area contributed by atoms with Gasteiger partial charge < -0.3 is 15.1 Å². The van der Waals surface area contributed by atoms with Crippen molar-refractivity contribution < 1.29 is 15.0 Å². The average Bonchev–Trinajstić information content (AvgIpc) is 2.17. The van der Waals surface area contributed by atoms with Crippen molar-refractivity contribution in [3.05, 3.63) is 18.1 Å². The highest BCUT2D eigenvalue weighted by molar-refractivity contribution is 5.84. The van der Waals surface area contributed by atoms with E-state index in [0.717, 1.165) is 0 Å². The van der Waals surface area contributed by atoms with Crippen molar-refractivity contribution in [3.63, 3.8) is 0 Å². The van der Waals surface area contributed by atoms with E-state index in [1.54, 1.807) is 18.9 Å². The monoisotopic (exact) mass is 211 g/mol. The van der Waals surface area contributed by atoms with Crippen molar-refractivity contribution in [2.75, 3.05) is 18.5 Å². The number of anilines is 1. The van der Waals surface area contributed by atoms with Crippen LogP contribution in [-0.4, -0.2) is 45.8 Å². The number of carbonyl (C=O) groups is 1. The fraction of sp³-hybridized carbons (Fsp3) is 0.444. The molecule has 6 heteroatoms. The Labute approximate surface area is 87.2 Å². The fourth-order valence-electron chi connectivity index (χ4n) is 1.12. The number of nitrogens with zero attached hydrogens (tertiary/aromatic N) is 3. The Bertz CT molecular complexity index is 337. The van der Waals surface area contributed by atoms with E-state index in [2.05, 4.69) is 9.97 Å². The van der Waals surface area contributed by atoms with Crippen LogP contribution in [0.15, 0.2) is 12.4 Å². The molecule has 0 spiro atoms. The van der Waals surface area contributed by atoms with Gasteiger partial charge in [0.05, 0.1) is 18.5 Å². The number of aromatic nitrogens is 2. The van der Waals surface area contributed by atoms with E-state index in [9.17, 15) is 4.79 Å². The van der Waals surface area contributed by atoms with E-state index >= 15 is 0 Å². The minimum Gasteiger partial charge on any atom is -0.476 e. The van der Waals surface area contributed by atoms with Crippen LogP contribution in [0, 0.1) is 0 Å². The second-order valence-corrected chi connectivity index (χ2v) is 3.29. The molecule has 1 unspecified atom stereocenters. The molecule has 1 rings (SSSR count). The minimum absolute atomic E-state index is 0.0933. The summed E-state index contributed by atoms with van der Waals surface area (Å²) in [6, 6.07) is 0. The standard InChI is InChI=1S/C9H13N3O3/c1-6(13)5-12(2)8-4-10-7(3-11-8)9(14)15/h3-4,6,13H,5H2,1-2H3,(H,14,15). The lowest BCUT2D eigenvalue weighted by atomic mass is 10.4. The van der Waals surface area contributed by atoms with Crippen LogP contribution in [-0.2, 0) is 0 Å². The van der Waals surface area contributed by atoms with Gasteiger partial charge in [0.2, 0.25) is 0 Å². The van der Waals surface area contributed by atoms with Crippen molar-refractivity contribution in [2.45, 2.75) is 13.0 Å².